The minimum atomic E-state index is 0.551. The van der Waals surface area contributed by atoms with Crippen molar-refractivity contribution in [2.24, 2.45) is 4.99 Å². The van der Waals surface area contributed by atoms with Crippen molar-refractivity contribution in [3.8, 4) is 5.75 Å². The van der Waals surface area contributed by atoms with Crippen molar-refractivity contribution in [2.45, 2.75) is 25.3 Å². The third kappa shape index (κ3) is 4.53. The smallest absolute Gasteiger partial charge is 0.193 e. The highest BCUT2D eigenvalue weighted by atomic mass is 16.5. The molecule has 0 amide bonds. The molecular formula is C19H27N5O. The summed E-state index contributed by atoms with van der Waals surface area (Å²) < 4.78 is 7.34. The van der Waals surface area contributed by atoms with Gasteiger partial charge in [-0.2, -0.15) is 0 Å². The second-order valence-corrected chi connectivity index (χ2v) is 6.33. The highest BCUT2D eigenvalue weighted by Gasteiger charge is 2.25. The molecule has 1 aromatic heterocycles. The SMILES string of the molecule is CN=C(NCCCn1ccnc1)N1CCC(c2ccc(OC)cc2)C1. The van der Waals surface area contributed by atoms with Crippen molar-refractivity contribution >= 4 is 5.96 Å². The molecular weight excluding hydrogens is 314 g/mol. The van der Waals surface area contributed by atoms with E-state index in [2.05, 4.69) is 36.9 Å². The van der Waals surface area contributed by atoms with Gasteiger partial charge in [0, 0.05) is 51.5 Å². The molecule has 0 bridgehead atoms. The van der Waals surface area contributed by atoms with Gasteiger partial charge in [0.15, 0.2) is 5.96 Å². The minimum Gasteiger partial charge on any atom is -0.497 e. The number of likely N-dealkylation sites (tertiary alicyclic amines) is 1. The summed E-state index contributed by atoms with van der Waals surface area (Å²) in [6.07, 6.45) is 7.87. The van der Waals surface area contributed by atoms with Crippen LogP contribution in [0.1, 0.15) is 24.3 Å². The number of aromatic nitrogens is 2. The molecule has 1 atom stereocenters. The molecule has 6 heteroatoms. The molecule has 134 valence electrons. The Kier molecular flexibility index (Phi) is 5.93. The van der Waals surface area contributed by atoms with Gasteiger partial charge < -0.3 is 19.5 Å². The Hall–Kier alpha value is -2.50. The summed E-state index contributed by atoms with van der Waals surface area (Å²) in [5.74, 6) is 2.46. The van der Waals surface area contributed by atoms with E-state index >= 15 is 0 Å². The second kappa shape index (κ2) is 8.55. The lowest BCUT2D eigenvalue weighted by molar-refractivity contribution is 0.414. The van der Waals surface area contributed by atoms with Gasteiger partial charge in [-0.3, -0.25) is 4.99 Å². The van der Waals surface area contributed by atoms with Crippen LogP contribution in [0, 0.1) is 0 Å². The summed E-state index contributed by atoms with van der Waals surface area (Å²) in [6.45, 7) is 3.93. The Bertz CT molecular complexity index is 666. The van der Waals surface area contributed by atoms with Crippen LogP contribution in [0.5, 0.6) is 5.75 Å². The van der Waals surface area contributed by atoms with Gasteiger partial charge in [0.1, 0.15) is 5.75 Å². The van der Waals surface area contributed by atoms with E-state index < -0.39 is 0 Å². The fourth-order valence-corrected chi connectivity index (χ4v) is 3.31. The first-order chi connectivity index (χ1) is 12.3. The highest BCUT2D eigenvalue weighted by molar-refractivity contribution is 5.80. The quantitative estimate of drug-likeness (QED) is 0.498. The predicted molar refractivity (Wildman–Crippen MR) is 100 cm³/mol. The van der Waals surface area contributed by atoms with Crippen LogP contribution in [-0.4, -0.2) is 54.2 Å². The Labute approximate surface area is 149 Å². The number of benzene rings is 1. The molecule has 1 aliphatic rings. The molecule has 6 nitrogen and oxygen atoms in total. The zero-order valence-electron chi connectivity index (χ0n) is 15.1. The number of rotatable bonds is 6. The zero-order valence-corrected chi connectivity index (χ0v) is 15.1. The molecule has 1 fully saturated rings. The van der Waals surface area contributed by atoms with Crippen LogP contribution in [0.2, 0.25) is 0 Å². The molecule has 1 N–H and O–H groups in total. The number of aryl methyl sites for hydroxylation is 1. The van der Waals surface area contributed by atoms with Crippen LogP contribution < -0.4 is 10.1 Å². The van der Waals surface area contributed by atoms with Gasteiger partial charge in [-0.05, 0) is 30.5 Å². The lowest BCUT2D eigenvalue weighted by Gasteiger charge is -2.22. The van der Waals surface area contributed by atoms with E-state index in [9.17, 15) is 0 Å². The number of hydrogen-bond donors (Lipinski definition) is 1. The molecule has 1 aromatic carbocycles. The first-order valence-corrected chi connectivity index (χ1v) is 8.85. The lowest BCUT2D eigenvalue weighted by Crippen LogP contribution is -2.40. The summed E-state index contributed by atoms with van der Waals surface area (Å²) in [5, 5.41) is 3.49. The van der Waals surface area contributed by atoms with Gasteiger partial charge in [0.2, 0.25) is 0 Å². The van der Waals surface area contributed by atoms with Crippen LogP contribution in [0.15, 0.2) is 48.0 Å². The summed E-state index contributed by atoms with van der Waals surface area (Å²) >= 11 is 0. The fourth-order valence-electron chi connectivity index (χ4n) is 3.31. The first-order valence-electron chi connectivity index (χ1n) is 8.85. The molecule has 25 heavy (non-hydrogen) atoms. The Morgan fingerprint density at radius 3 is 2.88 bits per heavy atom. The van der Waals surface area contributed by atoms with E-state index in [1.54, 1.807) is 7.11 Å². The van der Waals surface area contributed by atoms with Crippen molar-refractivity contribution in [2.75, 3.05) is 33.8 Å². The minimum absolute atomic E-state index is 0.551. The van der Waals surface area contributed by atoms with E-state index in [4.69, 9.17) is 4.74 Å². The van der Waals surface area contributed by atoms with E-state index in [0.717, 1.165) is 50.7 Å². The van der Waals surface area contributed by atoms with Crippen molar-refractivity contribution in [3.05, 3.63) is 48.5 Å². The summed E-state index contributed by atoms with van der Waals surface area (Å²) in [5.41, 5.74) is 1.37. The van der Waals surface area contributed by atoms with Crippen molar-refractivity contribution < 1.29 is 4.74 Å². The zero-order chi connectivity index (χ0) is 17.5. The normalized spacial score (nSPS) is 17.8. The maximum atomic E-state index is 5.25. The topological polar surface area (TPSA) is 54.7 Å². The molecule has 0 radical (unpaired) electrons. The highest BCUT2D eigenvalue weighted by Crippen LogP contribution is 2.28. The first kappa shape index (κ1) is 17.3. The Balaban J connectivity index is 1.47. The summed E-state index contributed by atoms with van der Waals surface area (Å²) in [4.78, 5) is 10.9. The number of imidazole rings is 1. The van der Waals surface area contributed by atoms with Crippen molar-refractivity contribution in [1.29, 1.82) is 0 Å². The molecule has 0 saturated carbocycles. The lowest BCUT2D eigenvalue weighted by atomic mass is 9.98. The molecule has 2 aromatic rings. The summed E-state index contributed by atoms with van der Waals surface area (Å²) in [7, 11) is 3.56. The van der Waals surface area contributed by atoms with Crippen LogP contribution in [-0.2, 0) is 6.54 Å². The van der Waals surface area contributed by atoms with Gasteiger partial charge in [-0.25, -0.2) is 4.98 Å². The van der Waals surface area contributed by atoms with Gasteiger partial charge in [-0.15, -0.1) is 0 Å². The van der Waals surface area contributed by atoms with Gasteiger partial charge in [0.25, 0.3) is 0 Å². The van der Waals surface area contributed by atoms with E-state index in [-0.39, 0.29) is 0 Å². The molecule has 3 rings (SSSR count). The van der Waals surface area contributed by atoms with Gasteiger partial charge in [0.05, 0.1) is 13.4 Å². The molecule has 2 heterocycles. The fraction of sp³-hybridized carbons (Fsp3) is 0.474. The van der Waals surface area contributed by atoms with Crippen LogP contribution in [0.3, 0.4) is 0 Å². The Morgan fingerprint density at radius 2 is 2.20 bits per heavy atom. The number of aliphatic imine (C=N–C) groups is 1. The van der Waals surface area contributed by atoms with E-state index in [0.29, 0.717) is 5.92 Å². The van der Waals surface area contributed by atoms with Crippen molar-refractivity contribution in [3.63, 3.8) is 0 Å². The molecule has 1 saturated heterocycles. The number of ether oxygens (including phenoxy) is 1. The second-order valence-electron chi connectivity index (χ2n) is 6.33. The number of hydrogen-bond acceptors (Lipinski definition) is 3. The summed E-state index contributed by atoms with van der Waals surface area (Å²) in [6, 6.07) is 8.44. The van der Waals surface area contributed by atoms with Crippen LogP contribution >= 0.6 is 0 Å². The number of methoxy groups -OCH3 is 1. The standard InChI is InChI=1S/C19H27N5O/c1-20-19(22-9-3-11-23-13-10-21-15-23)24-12-8-17(14-24)16-4-6-18(25-2)7-5-16/h4-7,10,13,15,17H,3,8-9,11-12,14H2,1-2H3,(H,20,22). The monoisotopic (exact) mass is 341 g/mol. The van der Waals surface area contributed by atoms with Gasteiger partial charge in [-0.1, -0.05) is 12.1 Å². The molecule has 0 aliphatic carbocycles. The average Bonchev–Trinajstić information content (AvgIpc) is 3.34. The molecule has 1 aliphatic heterocycles. The predicted octanol–water partition coefficient (Wildman–Crippen LogP) is 2.35. The van der Waals surface area contributed by atoms with E-state index in [1.807, 2.05) is 37.9 Å². The maximum Gasteiger partial charge on any atom is 0.193 e. The van der Waals surface area contributed by atoms with Gasteiger partial charge >= 0.3 is 0 Å². The number of guanidine groups is 1. The van der Waals surface area contributed by atoms with Crippen molar-refractivity contribution in [1.82, 2.24) is 19.8 Å². The molecule has 1 unspecified atom stereocenters. The third-order valence-corrected chi connectivity index (χ3v) is 4.72. The van der Waals surface area contributed by atoms with E-state index in [1.165, 1.54) is 5.56 Å². The number of nitrogens with zero attached hydrogens (tertiary/aromatic N) is 4. The molecule has 0 spiro atoms. The number of nitrogens with one attached hydrogen (secondary N) is 1. The average molecular weight is 341 g/mol. The largest absolute Gasteiger partial charge is 0.497 e. The third-order valence-electron chi connectivity index (χ3n) is 4.72. The maximum absolute atomic E-state index is 5.25. The van der Waals surface area contributed by atoms with Crippen LogP contribution in [0.25, 0.3) is 0 Å². The van der Waals surface area contributed by atoms with Crippen LogP contribution in [0.4, 0.5) is 0 Å². The Morgan fingerprint density at radius 1 is 1.36 bits per heavy atom.